The zero-order valence-corrected chi connectivity index (χ0v) is 16.9. The summed E-state index contributed by atoms with van der Waals surface area (Å²) in [7, 11) is 0. The Morgan fingerprint density at radius 3 is 2.73 bits per heavy atom. The first-order chi connectivity index (χ1) is 14.5. The fourth-order valence-corrected chi connectivity index (χ4v) is 4.99. The van der Waals surface area contributed by atoms with Gasteiger partial charge in [-0.3, -0.25) is 9.69 Å². The van der Waals surface area contributed by atoms with Crippen LogP contribution in [0.15, 0.2) is 29.2 Å². The van der Waals surface area contributed by atoms with Crippen molar-refractivity contribution in [3.8, 4) is 0 Å². The number of benzene rings is 1. The molecule has 2 aliphatic rings. The number of fused-ring (bicyclic) bond motifs is 1. The van der Waals surface area contributed by atoms with Crippen molar-refractivity contribution in [2.24, 2.45) is 5.92 Å². The SMILES string of the molecule is C[C@@H]1CN(Cc2ccc(F)c(F)c2)C[C@H]1c1nc2c(cnn2C2CCCC2)c(=O)[nH]1. The maximum atomic E-state index is 13.5. The van der Waals surface area contributed by atoms with E-state index in [0.29, 0.717) is 36.0 Å². The van der Waals surface area contributed by atoms with Crippen LogP contribution in [-0.2, 0) is 6.54 Å². The number of aromatic nitrogens is 4. The molecule has 8 heteroatoms. The summed E-state index contributed by atoms with van der Waals surface area (Å²) in [5, 5.41) is 5.01. The normalized spacial score (nSPS) is 23.0. The van der Waals surface area contributed by atoms with E-state index in [4.69, 9.17) is 4.98 Å². The molecule has 0 spiro atoms. The van der Waals surface area contributed by atoms with Crippen LogP contribution in [0.3, 0.4) is 0 Å². The number of aromatic amines is 1. The van der Waals surface area contributed by atoms with Crippen LogP contribution in [0.2, 0.25) is 0 Å². The Labute approximate surface area is 172 Å². The standard InChI is InChI=1S/C22H25F2N5O/c1-13-10-28(11-14-6-7-18(23)19(24)8-14)12-17(13)20-26-21-16(22(30)27-20)9-25-29(21)15-4-2-3-5-15/h6-9,13,15,17H,2-5,10-12H2,1H3,(H,26,27,30)/t13-,17-/m1/s1. The number of H-pyrrole nitrogens is 1. The van der Waals surface area contributed by atoms with Crippen LogP contribution in [0.5, 0.6) is 0 Å². The van der Waals surface area contributed by atoms with Gasteiger partial charge in [-0.2, -0.15) is 5.10 Å². The summed E-state index contributed by atoms with van der Waals surface area (Å²) >= 11 is 0. The van der Waals surface area contributed by atoms with Gasteiger partial charge >= 0.3 is 0 Å². The molecule has 1 N–H and O–H groups in total. The van der Waals surface area contributed by atoms with E-state index in [1.165, 1.54) is 25.0 Å². The molecule has 0 unspecified atom stereocenters. The topological polar surface area (TPSA) is 66.8 Å². The quantitative estimate of drug-likeness (QED) is 0.708. The molecule has 2 atom stereocenters. The van der Waals surface area contributed by atoms with Crippen molar-refractivity contribution in [1.29, 1.82) is 0 Å². The van der Waals surface area contributed by atoms with Crippen LogP contribution in [0.4, 0.5) is 8.78 Å². The molecule has 3 heterocycles. The molecule has 2 aromatic heterocycles. The third-order valence-electron chi connectivity index (χ3n) is 6.58. The second-order valence-corrected chi connectivity index (χ2v) is 8.74. The fraction of sp³-hybridized carbons (Fsp3) is 0.500. The van der Waals surface area contributed by atoms with Crippen molar-refractivity contribution in [2.45, 2.75) is 51.1 Å². The van der Waals surface area contributed by atoms with Crippen molar-refractivity contribution in [2.75, 3.05) is 13.1 Å². The lowest BCUT2D eigenvalue weighted by atomic mass is 9.97. The minimum absolute atomic E-state index is 0.0688. The molecule has 0 radical (unpaired) electrons. The monoisotopic (exact) mass is 413 g/mol. The molecule has 6 nitrogen and oxygen atoms in total. The number of likely N-dealkylation sites (tertiary alicyclic amines) is 1. The number of hydrogen-bond donors (Lipinski definition) is 1. The molecule has 5 rings (SSSR count). The van der Waals surface area contributed by atoms with E-state index in [9.17, 15) is 13.6 Å². The summed E-state index contributed by atoms with van der Waals surface area (Å²) in [5.74, 6) is -0.626. The van der Waals surface area contributed by atoms with Crippen LogP contribution in [0.25, 0.3) is 11.0 Å². The van der Waals surface area contributed by atoms with E-state index >= 15 is 0 Å². The summed E-state index contributed by atoms with van der Waals surface area (Å²) in [6.45, 7) is 4.17. The second-order valence-electron chi connectivity index (χ2n) is 8.74. The van der Waals surface area contributed by atoms with Crippen molar-refractivity contribution in [1.82, 2.24) is 24.6 Å². The zero-order chi connectivity index (χ0) is 20.8. The Morgan fingerprint density at radius 1 is 1.17 bits per heavy atom. The van der Waals surface area contributed by atoms with Crippen LogP contribution in [0, 0.1) is 17.6 Å². The number of halogens is 2. The van der Waals surface area contributed by atoms with E-state index < -0.39 is 11.6 Å². The smallest absolute Gasteiger partial charge is 0.262 e. The van der Waals surface area contributed by atoms with Gasteiger partial charge in [0, 0.05) is 25.6 Å². The lowest BCUT2D eigenvalue weighted by Crippen LogP contribution is -2.22. The maximum absolute atomic E-state index is 13.5. The molecule has 2 fully saturated rings. The Hall–Kier alpha value is -2.61. The average molecular weight is 413 g/mol. The molecule has 30 heavy (non-hydrogen) atoms. The highest BCUT2D eigenvalue weighted by Gasteiger charge is 2.33. The van der Waals surface area contributed by atoms with Crippen molar-refractivity contribution in [3.63, 3.8) is 0 Å². The van der Waals surface area contributed by atoms with Crippen molar-refractivity contribution >= 4 is 11.0 Å². The molecule has 1 aliphatic carbocycles. The first kappa shape index (κ1) is 19.4. The van der Waals surface area contributed by atoms with Crippen LogP contribution < -0.4 is 5.56 Å². The van der Waals surface area contributed by atoms with E-state index in [1.807, 2.05) is 4.68 Å². The fourth-order valence-electron chi connectivity index (χ4n) is 4.99. The van der Waals surface area contributed by atoms with E-state index in [1.54, 1.807) is 12.3 Å². The predicted octanol–water partition coefficient (Wildman–Crippen LogP) is 3.75. The molecule has 158 valence electrons. The summed E-state index contributed by atoms with van der Waals surface area (Å²) in [6, 6.07) is 4.34. The van der Waals surface area contributed by atoms with Crippen molar-refractivity contribution in [3.05, 3.63) is 57.8 Å². The predicted molar refractivity (Wildman–Crippen MR) is 109 cm³/mol. The minimum atomic E-state index is -0.833. The van der Waals surface area contributed by atoms with Gasteiger partial charge in [-0.1, -0.05) is 25.8 Å². The number of hydrogen-bond acceptors (Lipinski definition) is 4. The molecular formula is C22H25F2N5O. The summed E-state index contributed by atoms with van der Waals surface area (Å²) in [4.78, 5) is 22.7. The number of nitrogens with one attached hydrogen (secondary N) is 1. The van der Waals surface area contributed by atoms with E-state index in [0.717, 1.165) is 24.9 Å². The molecule has 3 aromatic rings. The molecule has 0 amide bonds. The average Bonchev–Trinajstić information content (AvgIpc) is 3.44. The molecule has 1 aliphatic heterocycles. The first-order valence-corrected chi connectivity index (χ1v) is 10.6. The van der Waals surface area contributed by atoms with Crippen LogP contribution in [-0.4, -0.2) is 37.7 Å². The largest absolute Gasteiger partial charge is 0.310 e. The highest BCUT2D eigenvalue weighted by Crippen LogP contribution is 2.33. The minimum Gasteiger partial charge on any atom is -0.310 e. The third-order valence-corrected chi connectivity index (χ3v) is 6.58. The third kappa shape index (κ3) is 3.43. The van der Waals surface area contributed by atoms with Crippen molar-refractivity contribution < 1.29 is 8.78 Å². The van der Waals surface area contributed by atoms with Gasteiger partial charge in [0.25, 0.3) is 5.56 Å². The Bertz CT molecular complexity index is 1130. The van der Waals surface area contributed by atoms with E-state index in [2.05, 4.69) is 21.9 Å². The summed E-state index contributed by atoms with van der Waals surface area (Å²) < 4.78 is 28.7. The van der Waals surface area contributed by atoms with Gasteiger partial charge < -0.3 is 4.98 Å². The van der Waals surface area contributed by atoms with Gasteiger partial charge in [-0.05, 0) is 36.5 Å². The lowest BCUT2D eigenvalue weighted by Gasteiger charge is -2.16. The molecule has 1 saturated carbocycles. The van der Waals surface area contributed by atoms with E-state index in [-0.39, 0.29) is 17.4 Å². The van der Waals surface area contributed by atoms with Crippen LogP contribution in [0.1, 0.15) is 56.0 Å². The van der Waals surface area contributed by atoms with Gasteiger partial charge in [-0.25, -0.2) is 18.4 Å². The Morgan fingerprint density at radius 2 is 1.97 bits per heavy atom. The zero-order valence-electron chi connectivity index (χ0n) is 16.9. The van der Waals surface area contributed by atoms with Gasteiger partial charge in [-0.15, -0.1) is 0 Å². The first-order valence-electron chi connectivity index (χ1n) is 10.6. The molecule has 1 saturated heterocycles. The molecule has 0 bridgehead atoms. The molecular weight excluding hydrogens is 388 g/mol. The van der Waals surface area contributed by atoms with Gasteiger partial charge in [0.1, 0.15) is 11.2 Å². The Balaban J connectivity index is 1.41. The highest BCUT2D eigenvalue weighted by molar-refractivity contribution is 5.73. The second kappa shape index (κ2) is 7.58. The van der Waals surface area contributed by atoms with Gasteiger partial charge in [0.2, 0.25) is 0 Å². The summed E-state index contributed by atoms with van der Waals surface area (Å²) in [5.41, 5.74) is 1.26. The number of rotatable bonds is 4. The molecule has 1 aromatic carbocycles. The highest BCUT2D eigenvalue weighted by atomic mass is 19.2. The van der Waals surface area contributed by atoms with Crippen LogP contribution >= 0.6 is 0 Å². The van der Waals surface area contributed by atoms with Gasteiger partial charge in [0.05, 0.1) is 12.2 Å². The lowest BCUT2D eigenvalue weighted by molar-refractivity contribution is 0.317. The summed E-state index contributed by atoms with van der Waals surface area (Å²) in [6.07, 6.45) is 6.13. The maximum Gasteiger partial charge on any atom is 0.262 e. The van der Waals surface area contributed by atoms with Gasteiger partial charge in [0.15, 0.2) is 17.3 Å². The number of nitrogens with zero attached hydrogens (tertiary/aromatic N) is 4. The Kier molecular flexibility index (Phi) is 4.89.